The highest BCUT2D eigenvalue weighted by Crippen LogP contribution is 2.64. The number of carbonyl (C=O) groups is 1. The Morgan fingerprint density at radius 2 is 1.76 bits per heavy atom. The number of anilines is 1. The first-order valence-electron chi connectivity index (χ1n) is 15.0. The van der Waals surface area contributed by atoms with Gasteiger partial charge in [-0.05, 0) is 92.9 Å². The van der Waals surface area contributed by atoms with Crippen LogP contribution in [0, 0.1) is 17.8 Å². The molecule has 3 aliphatic heterocycles. The number of rotatable bonds is 5. The van der Waals surface area contributed by atoms with Crippen molar-refractivity contribution in [1.82, 2.24) is 15.8 Å². The number of nitrogens with one attached hydrogen (secondary N) is 3. The van der Waals surface area contributed by atoms with E-state index in [9.17, 15) is 4.79 Å². The summed E-state index contributed by atoms with van der Waals surface area (Å²) in [5, 5.41) is 3.15. The summed E-state index contributed by atoms with van der Waals surface area (Å²) in [5.74, 6) is 1.94. The molecule has 2 aromatic carbocycles. The van der Waals surface area contributed by atoms with Crippen molar-refractivity contribution in [2.45, 2.75) is 94.9 Å². The van der Waals surface area contributed by atoms with Crippen LogP contribution in [0.1, 0.15) is 75.5 Å². The van der Waals surface area contributed by atoms with Crippen molar-refractivity contribution < 1.29 is 4.79 Å². The molecular weight excluding hydrogens is 468 g/mol. The van der Waals surface area contributed by atoms with Crippen LogP contribution in [0.25, 0.3) is 6.08 Å². The third-order valence-corrected chi connectivity index (χ3v) is 10.7. The number of likely N-dealkylation sites (tertiary alicyclic amines) is 1. The zero-order chi connectivity index (χ0) is 25.9. The third-order valence-electron chi connectivity index (χ3n) is 10.7. The number of carbonyl (C=O) groups excluding carboxylic acids is 1. The minimum absolute atomic E-state index is 0.232. The zero-order valence-electron chi connectivity index (χ0n) is 22.8. The zero-order valence-corrected chi connectivity index (χ0v) is 22.8. The number of piperidine rings is 1. The molecule has 4 fully saturated rings. The average Bonchev–Trinajstić information content (AvgIpc) is 3.46. The number of nitrogens with zero attached hydrogens (tertiary/aromatic N) is 1. The van der Waals surface area contributed by atoms with Gasteiger partial charge in [-0.2, -0.15) is 0 Å². The molecule has 7 rings (SSSR count). The highest BCUT2D eigenvalue weighted by Gasteiger charge is 2.67. The van der Waals surface area contributed by atoms with Crippen molar-refractivity contribution in [2.24, 2.45) is 17.8 Å². The molecule has 0 aromatic heterocycles. The fraction of sp³-hybridized carbons (Fsp3) is 0.545. The first-order valence-corrected chi connectivity index (χ1v) is 15.0. The molecule has 1 amide bonds. The molecule has 2 aliphatic carbocycles. The Balaban J connectivity index is 0.957. The summed E-state index contributed by atoms with van der Waals surface area (Å²) in [4.78, 5) is 15.6. The standard InChI is InChI=1S/C33H42N4O/c1-21-6-5-7-22(2)37(21)20-24-12-10-23(11-13-24)14-17-29-26-16-15-25(18-31(26)36-35-29)28-19-33(28)27-8-3-4-9-30(27)34-32(33)38/h3-4,8-14,17,21-22,25-26,28-29,31,35-36H,5-7,15-16,18-20H2,1-2H3,(H,34,38)/b17-14+/t21-,22+,25?,26?,28-,29?,31?,33-/m0/s1. The van der Waals surface area contributed by atoms with Gasteiger partial charge in [0.15, 0.2) is 0 Å². The lowest BCUT2D eigenvalue weighted by atomic mass is 9.73. The summed E-state index contributed by atoms with van der Waals surface area (Å²) in [6, 6.07) is 19.7. The largest absolute Gasteiger partial charge is 0.325 e. The molecule has 2 saturated carbocycles. The highest BCUT2D eigenvalue weighted by atomic mass is 16.2. The molecule has 3 heterocycles. The van der Waals surface area contributed by atoms with Gasteiger partial charge in [0.1, 0.15) is 0 Å². The molecule has 3 N–H and O–H groups in total. The second-order valence-electron chi connectivity index (χ2n) is 12.8. The van der Waals surface area contributed by atoms with E-state index in [0.29, 0.717) is 41.9 Å². The van der Waals surface area contributed by atoms with Gasteiger partial charge in [-0.25, -0.2) is 0 Å². The van der Waals surface area contributed by atoms with Crippen molar-refractivity contribution in [2.75, 3.05) is 5.32 Å². The molecule has 5 nitrogen and oxygen atoms in total. The van der Waals surface area contributed by atoms with Crippen LogP contribution >= 0.6 is 0 Å². The maximum atomic E-state index is 13.0. The molecule has 4 unspecified atom stereocenters. The Labute approximate surface area is 227 Å². The second kappa shape index (κ2) is 9.62. The van der Waals surface area contributed by atoms with Gasteiger partial charge in [-0.1, -0.05) is 61.0 Å². The fourth-order valence-corrected chi connectivity index (χ4v) is 8.40. The maximum Gasteiger partial charge on any atom is 0.235 e. The minimum Gasteiger partial charge on any atom is -0.325 e. The first-order chi connectivity index (χ1) is 18.5. The van der Waals surface area contributed by atoms with Gasteiger partial charge in [-0.3, -0.25) is 20.5 Å². The number of fused-ring (bicyclic) bond motifs is 3. The van der Waals surface area contributed by atoms with Gasteiger partial charge >= 0.3 is 0 Å². The van der Waals surface area contributed by atoms with Crippen LogP contribution in [-0.2, 0) is 16.8 Å². The number of hydrazine groups is 1. The van der Waals surface area contributed by atoms with E-state index < -0.39 is 0 Å². The van der Waals surface area contributed by atoms with Crippen LogP contribution in [0.5, 0.6) is 0 Å². The van der Waals surface area contributed by atoms with Crippen LogP contribution in [0.4, 0.5) is 5.69 Å². The van der Waals surface area contributed by atoms with Crippen molar-refractivity contribution in [3.63, 3.8) is 0 Å². The van der Waals surface area contributed by atoms with E-state index in [1.807, 2.05) is 6.07 Å². The SMILES string of the molecule is C[C@@H]1CCC[C@H](C)N1Cc1ccc(/C=C/C2NNC3CC([C@@H]4C[C@@]45C(=O)Nc4ccccc45)CCC23)cc1. The molecule has 0 radical (unpaired) electrons. The molecule has 2 aromatic rings. The highest BCUT2D eigenvalue weighted by molar-refractivity contribution is 6.08. The lowest BCUT2D eigenvalue weighted by molar-refractivity contribution is -0.118. The monoisotopic (exact) mass is 510 g/mol. The van der Waals surface area contributed by atoms with Gasteiger partial charge < -0.3 is 5.32 Å². The lowest BCUT2D eigenvalue weighted by Crippen LogP contribution is -2.42. The normalized spacial score (nSPS) is 38.4. The fourth-order valence-electron chi connectivity index (χ4n) is 8.40. The van der Waals surface area contributed by atoms with E-state index >= 15 is 0 Å². The van der Waals surface area contributed by atoms with E-state index in [1.54, 1.807) is 0 Å². The van der Waals surface area contributed by atoms with Crippen LogP contribution in [0.2, 0.25) is 0 Å². The first kappa shape index (κ1) is 24.6. The third kappa shape index (κ3) is 4.14. The molecular formula is C33H42N4O. The van der Waals surface area contributed by atoms with Crippen molar-refractivity contribution in [1.29, 1.82) is 0 Å². The summed E-state index contributed by atoms with van der Waals surface area (Å²) >= 11 is 0. The van der Waals surface area contributed by atoms with Crippen LogP contribution < -0.4 is 16.2 Å². The minimum atomic E-state index is -0.254. The Bertz CT molecular complexity index is 1210. The Kier molecular flexibility index (Phi) is 6.22. The Morgan fingerprint density at radius 1 is 0.974 bits per heavy atom. The van der Waals surface area contributed by atoms with Gasteiger partial charge in [0.2, 0.25) is 5.91 Å². The number of para-hydroxylation sites is 1. The topological polar surface area (TPSA) is 56.4 Å². The Morgan fingerprint density at radius 3 is 2.58 bits per heavy atom. The van der Waals surface area contributed by atoms with E-state index in [0.717, 1.165) is 25.1 Å². The quantitative estimate of drug-likeness (QED) is 0.488. The molecule has 5 heteroatoms. The smallest absolute Gasteiger partial charge is 0.235 e. The molecule has 38 heavy (non-hydrogen) atoms. The van der Waals surface area contributed by atoms with Crippen molar-refractivity contribution in [3.05, 3.63) is 71.3 Å². The van der Waals surface area contributed by atoms with Crippen LogP contribution in [0.3, 0.4) is 0 Å². The maximum absolute atomic E-state index is 13.0. The predicted molar refractivity (Wildman–Crippen MR) is 153 cm³/mol. The second-order valence-corrected chi connectivity index (χ2v) is 12.8. The summed E-state index contributed by atoms with van der Waals surface area (Å²) in [7, 11) is 0. The Hall–Kier alpha value is -2.47. The summed E-state index contributed by atoms with van der Waals surface area (Å²) in [6.45, 7) is 5.81. The van der Waals surface area contributed by atoms with E-state index in [2.05, 4.69) is 89.5 Å². The summed E-state index contributed by atoms with van der Waals surface area (Å²) in [5.41, 5.74) is 11.9. The average molecular weight is 511 g/mol. The predicted octanol–water partition coefficient (Wildman–Crippen LogP) is 5.63. The van der Waals surface area contributed by atoms with Crippen LogP contribution in [-0.4, -0.2) is 35.0 Å². The van der Waals surface area contributed by atoms with Gasteiger partial charge in [0.25, 0.3) is 0 Å². The molecule has 200 valence electrons. The number of amides is 1. The van der Waals surface area contributed by atoms with E-state index in [4.69, 9.17) is 0 Å². The molecule has 8 atom stereocenters. The van der Waals surface area contributed by atoms with Crippen LogP contribution in [0.15, 0.2) is 54.6 Å². The molecule has 2 saturated heterocycles. The summed E-state index contributed by atoms with van der Waals surface area (Å²) < 4.78 is 0. The number of hydrogen-bond acceptors (Lipinski definition) is 4. The number of hydrogen-bond donors (Lipinski definition) is 3. The molecule has 5 aliphatic rings. The van der Waals surface area contributed by atoms with E-state index in [-0.39, 0.29) is 11.3 Å². The van der Waals surface area contributed by atoms with Crippen molar-refractivity contribution in [3.8, 4) is 0 Å². The van der Waals surface area contributed by atoms with E-state index in [1.165, 1.54) is 48.8 Å². The van der Waals surface area contributed by atoms with Crippen molar-refractivity contribution >= 4 is 17.7 Å². The summed E-state index contributed by atoms with van der Waals surface area (Å²) in [6.07, 6.45) is 13.3. The lowest BCUT2D eigenvalue weighted by Gasteiger charge is -2.39. The number of benzene rings is 2. The van der Waals surface area contributed by atoms with Gasteiger partial charge in [-0.15, -0.1) is 0 Å². The molecule has 1 spiro atoms. The molecule has 0 bridgehead atoms. The van der Waals surface area contributed by atoms with Gasteiger partial charge in [0.05, 0.1) is 5.41 Å². The van der Waals surface area contributed by atoms with Gasteiger partial charge in [0, 0.05) is 36.4 Å².